The third-order valence-electron chi connectivity index (χ3n) is 1.73. The van der Waals surface area contributed by atoms with E-state index in [1.54, 1.807) is 0 Å². The molecule has 0 fully saturated rings. The van der Waals surface area contributed by atoms with Crippen molar-refractivity contribution in [3.05, 3.63) is 0 Å². The fourth-order valence-electron chi connectivity index (χ4n) is 0.888. The van der Waals surface area contributed by atoms with Gasteiger partial charge in [-0.2, -0.15) is 0 Å². The van der Waals surface area contributed by atoms with Crippen LogP contribution < -0.4 is 5.32 Å². The van der Waals surface area contributed by atoms with Crippen LogP contribution in [0.4, 0.5) is 0 Å². The molecular weight excluding hydrogens is 134 g/mol. The Balaban J connectivity index is 3.62. The molecule has 0 amide bonds. The van der Waals surface area contributed by atoms with Gasteiger partial charge in [-0.15, -0.1) is 6.42 Å². The summed E-state index contributed by atoms with van der Waals surface area (Å²) in [6.45, 7) is 6.70. The van der Waals surface area contributed by atoms with Crippen LogP contribution in [-0.2, 0) is 0 Å². The van der Waals surface area contributed by atoms with Gasteiger partial charge in [-0.3, -0.25) is 0 Å². The molecule has 0 spiro atoms. The van der Waals surface area contributed by atoms with E-state index in [-0.39, 0.29) is 6.04 Å². The molecule has 1 nitrogen and oxygen atoms in total. The second kappa shape index (κ2) is 4.41. The van der Waals surface area contributed by atoms with E-state index in [0.717, 1.165) is 6.42 Å². The normalized spacial score (nSPS) is 14.1. The molecule has 64 valence electrons. The second-order valence-electron chi connectivity index (χ2n) is 4.11. The summed E-state index contributed by atoms with van der Waals surface area (Å²) in [7, 11) is 1.91. The summed E-state index contributed by atoms with van der Waals surface area (Å²) in [6.07, 6.45) is 7.54. The average Bonchev–Trinajstić information content (AvgIpc) is 1.88. The van der Waals surface area contributed by atoms with Crippen LogP contribution >= 0.6 is 0 Å². The molecule has 0 aromatic rings. The van der Waals surface area contributed by atoms with E-state index >= 15 is 0 Å². The lowest BCUT2D eigenvalue weighted by Gasteiger charge is -2.19. The molecule has 0 aromatic heterocycles. The lowest BCUT2D eigenvalue weighted by molar-refractivity contribution is 0.352. The maximum Gasteiger partial charge on any atom is 0.0684 e. The second-order valence-corrected chi connectivity index (χ2v) is 4.11. The molecule has 1 N–H and O–H groups in total. The van der Waals surface area contributed by atoms with Crippen LogP contribution in [0, 0.1) is 17.8 Å². The van der Waals surface area contributed by atoms with Crippen molar-refractivity contribution in [2.75, 3.05) is 7.05 Å². The molecule has 1 unspecified atom stereocenters. The van der Waals surface area contributed by atoms with E-state index in [2.05, 4.69) is 32.0 Å². The van der Waals surface area contributed by atoms with Gasteiger partial charge >= 0.3 is 0 Å². The highest BCUT2D eigenvalue weighted by atomic mass is 14.8. The van der Waals surface area contributed by atoms with Crippen molar-refractivity contribution in [2.45, 2.75) is 39.7 Å². The fourth-order valence-corrected chi connectivity index (χ4v) is 0.888. The van der Waals surface area contributed by atoms with Gasteiger partial charge in [0.1, 0.15) is 0 Å². The van der Waals surface area contributed by atoms with Crippen LogP contribution in [-0.4, -0.2) is 13.1 Å². The van der Waals surface area contributed by atoms with E-state index in [1.165, 1.54) is 6.42 Å². The Kier molecular flexibility index (Phi) is 4.22. The molecule has 0 rings (SSSR count). The summed E-state index contributed by atoms with van der Waals surface area (Å²) < 4.78 is 0. The van der Waals surface area contributed by atoms with Gasteiger partial charge in [-0.25, -0.2) is 0 Å². The Hall–Kier alpha value is -0.480. The Morgan fingerprint density at radius 3 is 2.27 bits per heavy atom. The van der Waals surface area contributed by atoms with Crippen molar-refractivity contribution >= 4 is 0 Å². The molecule has 1 atom stereocenters. The predicted octanol–water partition coefficient (Wildman–Crippen LogP) is 2.03. The van der Waals surface area contributed by atoms with Crippen molar-refractivity contribution in [2.24, 2.45) is 5.41 Å². The third kappa shape index (κ3) is 5.94. The van der Waals surface area contributed by atoms with E-state index in [0.29, 0.717) is 5.41 Å². The summed E-state index contributed by atoms with van der Waals surface area (Å²) in [4.78, 5) is 0. The molecule has 0 radical (unpaired) electrons. The van der Waals surface area contributed by atoms with Gasteiger partial charge in [-0.1, -0.05) is 26.7 Å². The van der Waals surface area contributed by atoms with E-state index in [9.17, 15) is 0 Å². The Morgan fingerprint density at radius 1 is 1.45 bits per heavy atom. The summed E-state index contributed by atoms with van der Waals surface area (Å²) in [5.41, 5.74) is 0.395. The molecule has 0 heterocycles. The first kappa shape index (κ1) is 10.5. The minimum Gasteiger partial charge on any atom is -0.307 e. The maximum atomic E-state index is 5.30. The topological polar surface area (TPSA) is 12.0 Å². The molecule has 0 bridgehead atoms. The first-order chi connectivity index (χ1) is 4.99. The van der Waals surface area contributed by atoms with Crippen LogP contribution in [0.25, 0.3) is 0 Å². The number of hydrogen-bond acceptors (Lipinski definition) is 1. The summed E-state index contributed by atoms with van der Waals surface area (Å²) in [5.74, 6) is 2.71. The summed E-state index contributed by atoms with van der Waals surface area (Å²) >= 11 is 0. The molecule has 0 aliphatic heterocycles. The van der Waals surface area contributed by atoms with Gasteiger partial charge < -0.3 is 5.32 Å². The fraction of sp³-hybridized carbons (Fsp3) is 0.800. The predicted molar refractivity (Wildman–Crippen MR) is 50.4 cm³/mol. The van der Waals surface area contributed by atoms with E-state index in [4.69, 9.17) is 6.42 Å². The molecule has 11 heavy (non-hydrogen) atoms. The number of rotatable bonds is 3. The van der Waals surface area contributed by atoms with Crippen molar-refractivity contribution in [1.29, 1.82) is 0 Å². The number of nitrogens with one attached hydrogen (secondary N) is 1. The van der Waals surface area contributed by atoms with Crippen LogP contribution in [0.2, 0.25) is 0 Å². The Bertz CT molecular complexity index is 136. The first-order valence-corrected chi connectivity index (χ1v) is 4.13. The zero-order valence-corrected chi connectivity index (χ0v) is 8.07. The van der Waals surface area contributed by atoms with Crippen molar-refractivity contribution in [3.8, 4) is 12.3 Å². The van der Waals surface area contributed by atoms with Gasteiger partial charge in [-0.05, 0) is 25.3 Å². The quantitative estimate of drug-likeness (QED) is 0.612. The number of hydrogen-bond donors (Lipinski definition) is 1. The Labute approximate surface area is 70.6 Å². The zero-order chi connectivity index (χ0) is 8.91. The van der Waals surface area contributed by atoms with Crippen molar-refractivity contribution < 1.29 is 0 Å². The number of terminal acetylenes is 1. The van der Waals surface area contributed by atoms with Crippen LogP contribution in [0.1, 0.15) is 33.6 Å². The SMILES string of the molecule is C#CC(CCC(C)(C)C)NC. The van der Waals surface area contributed by atoms with Gasteiger partial charge in [0, 0.05) is 0 Å². The van der Waals surface area contributed by atoms with Gasteiger partial charge in [0.25, 0.3) is 0 Å². The van der Waals surface area contributed by atoms with Gasteiger partial charge in [0.2, 0.25) is 0 Å². The molecule has 0 saturated heterocycles. The molecule has 0 aromatic carbocycles. The Morgan fingerprint density at radius 2 is 2.00 bits per heavy atom. The van der Waals surface area contributed by atoms with Crippen LogP contribution in [0.15, 0.2) is 0 Å². The molecule has 1 heteroatoms. The van der Waals surface area contributed by atoms with E-state index in [1.807, 2.05) is 7.05 Å². The van der Waals surface area contributed by atoms with E-state index < -0.39 is 0 Å². The standard InChI is InChI=1S/C10H19N/c1-6-9(11-5)7-8-10(2,3)4/h1,9,11H,7-8H2,2-5H3. The highest BCUT2D eigenvalue weighted by Crippen LogP contribution is 2.21. The van der Waals surface area contributed by atoms with Gasteiger partial charge in [0.15, 0.2) is 0 Å². The minimum absolute atomic E-state index is 0.245. The van der Waals surface area contributed by atoms with Crippen LogP contribution in [0.3, 0.4) is 0 Å². The average molecular weight is 153 g/mol. The highest BCUT2D eigenvalue weighted by molar-refractivity contribution is 4.98. The minimum atomic E-state index is 0.245. The van der Waals surface area contributed by atoms with Gasteiger partial charge in [0.05, 0.1) is 6.04 Å². The molecule has 0 saturated carbocycles. The van der Waals surface area contributed by atoms with Crippen LogP contribution in [0.5, 0.6) is 0 Å². The largest absolute Gasteiger partial charge is 0.307 e. The monoisotopic (exact) mass is 153 g/mol. The summed E-state index contributed by atoms with van der Waals surface area (Å²) in [5, 5.41) is 3.09. The summed E-state index contributed by atoms with van der Waals surface area (Å²) in [6, 6.07) is 0.245. The third-order valence-corrected chi connectivity index (χ3v) is 1.73. The smallest absolute Gasteiger partial charge is 0.0684 e. The maximum absolute atomic E-state index is 5.30. The zero-order valence-electron chi connectivity index (χ0n) is 8.07. The lowest BCUT2D eigenvalue weighted by atomic mass is 9.89. The molecule has 0 aliphatic rings. The lowest BCUT2D eigenvalue weighted by Crippen LogP contribution is -2.24. The molecular formula is C10H19N. The highest BCUT2D eigenvalue weighted by Gasteiger charge is 2.12. The van der Waals surface area contributed by atoms with Crippen molar-refractivity contribution in [1.82, 2.24) is 5.32 Å². The first-order valence-electron chi connectivity index (χ1n) is 4.13. The van der Waals surface area contributed by atoms with Crippen molar-refractivity contribution in [3.63, 3.8) is 0 Å². The molecule has 0 aliphatic carbocycles.